The first-order valence-corrected chi connectivity index (χ1v) is 5.04. The van der Waals surface area contributed by atoms with Crippen LogP contribution in [-0.4, -0.2) is 19.0 Å². The number of hydrogen-bond donors (Lipinski definition) is 0. The Morgan fingerprint density at radius 3 is 3.06 bits per heavy atom. The fraction of sp³-hybridized carbons (Fsp3) is 0. The number of rotatable bonds is 0. The average Bonchev–Trinajstić information content (AvgIpc) is 2.98. The van der Waals surface area contributed by atoms with E-state index < -0.39 is 0 Å². The van der Waals surface area contributed by atoms with Gasteiger partial charge in [-0.15, -0.1) is 24.3 Å². The van der Waals surface area contributed by atoms with E-state index in [1.54, 1.807) is 12.4 Å². The Morgan fingerprint density at radius 2 is 2.12 bits per heavy atom. The van der Waals surface area contributed by atoms with Gasteiger partial charge in [0.1, 0.15) is 5.65 Å². The quantitative estimate of drug-likeness (QED) is 0.424. The van der Waals surface area contributed by atoms with Gasteiger partial charge in [0.25, 0.3) is 0 Å². The molecule has 0 atom stereocenters. The molecule has 0 unspecified atom stereocenters. The van der Waals surface area contributed by atoms with Crippen LogP contribution in [-0.2, 0) is 20.1 Å². The average molecular weight is 399 g/mol. The summed E-state index contributed by atoms with van der Waals surface area (Å²) < 4.78 is 3.92. The van der Waals surface area contributed by atoms with E-state index in [4.69, 9.17) is 0 Å². The van der Waals surface area contributed by atoms with Gasteiger partial charge in [0.15, 0.2) is 0 Å². The monoisotopic (exact) mass is 400 g/mol. The molecule has 3 aromatic heterocycles. The Morgan fingerprint density at radius 1 is 1.18 bits per heavy atom. The van der Waals surface area contributed by atoms with Crippen LogP contribution in [0.15, 0.2) is 42.9 Å². The second-order valence-corrected chi connectivity index (χ2v) is 3.65. The molecule has 5 heteroatoms. The van der Waals surface area contributed by atoms with E-state index in [0.29, 0.717) is 0 Å². The summed E-state index contributed by atoms with van der Waals surface area (Å²) in [6, 6.07) is 11.1. The van der Waals surface area contributed by atoms with Gasteiger partial charge in [0.2, 0.25) is 0 Å². The topological polar surface area (TPSA) is 34.6 Å². The van der Waals surface area contributed by atoms with Crippen molar-refractivity contribution in [1.29, 1.82) is 0 Å². The smallest absolute Gasteiger partial charge is 0.124 e. The standard InChI is InChI=1S/C12H7N4.Ir/c1-2-4-10-9(3-1)12-13-7-8-15(12)11-5-6-14-16(10)11;/h1-2,4-8H;/q-1;. The second-order valence-electron chi connectivity index (χ2n) is 3.65. The van der Waals surface area contributed by atoms with Gasteiger partial charge in [-0.2, -0.15) is 5.10 Å². The van der Waals surface area contributed by atoms with E-state index in [1.165, 1.54) is 0 Å². The third kappa shape index (κ3) is 1.27. The molecule has 1 radical (unpaired) electrons. The van der Waals surface area contributed by atoms with Crippen molar-refractivity contribution < 1.29 is 20.1 Å². The Hall–Kier alpha value is -1.71. The molecule has 4 aromatic rings. The molecule has 0 saturated carbocycles. The minimum atomic E-state index is 0. The fourth-order valence-electron chi connectivity index (χ4n) is 2.12. The maximum absolute atomic E-state index is 4.37. The molecule has 3 heterocycles. The molecule has 4 rings (SSSR count). The molecule has 0 aliphatic rings. The predicted molar refractivity (Wildman–Crippen MR) is 60.3 cm³/mol. The van der Waals surface area contributed by atoms with Crippen molar-refractivity contribution in [2.24, 2.45) is 0 Å². The molecular formula is C12H7IrN4-. The molecule has 0 fully saturated rings. The van der Waals surface area contributed by atoms with Crippen LogP contribution in [0.2, 0.25) is 0 Å². The molecule has 85 valence electrons. The number of imidazole rings is 1. The number of hydrogen-bond acceptors (Lipinski definition) is 2. The Kier molecular flexibility index (Phi) is 2.24. The van der Waals surface area contributed by atoms with Crippen LogP contribution in [0.3, 0.4) is 0 Å². The zero-order valence-electron chi connectivity index (χ0n) is 8.66. The molecule has 0 bridgehead atoms. The Balaban J connectivity index is 0.000000902. The van der Waals surface area contributed by atoms with E-state index in [0.717, 1.165) is 22.2 Å². The molecule has 0 amide bonds. The maximum Gasteiger partial charge on any atom is 0.124 e. The molecule has 0 aliphatic carbocycles. The second kappa shape index (κ2) is 3.65. The normalized spacial score (nSPS) is 11.1. The molecule has 17 heavy (non-hydrogen) atoms. The summed E-state index contributed by atoms with van der Waals surface area (Å²) in [5.41, 5.74) is 2.96. The summed E-state index contributed by atoms with van der Waals surface area (Å²) in [6.45, 7) is 0. The van der Waals surface area contributed by atoms with Crippen LogP contribution < -0.4 is 0 Å². The van der Waals surface area contributed by atoms with E-state index >= 15 is 0 Å². The Labute approximate surface area is 110 Å². The molecule has 0 N–H and O–H groups in total. The summed E-state index contributed by atoms with van der Waals surface area (Å²) in [4.78, 5) is 4.37. The predicted octanol–water partition coefficient (Wildman–Crippen LogP) is 1.93. The van der Waals surface area contributed by atoms with Gasteiger partial charge < -0.3 is 4.40 Å². The van der Waals surface area contributed by atoms with Gasteiger partial charge in [-0.25, -0.2) is 0 Å². The summed E-state index contributed by atoms with van der Waals surface area (Å²) in [7, 11) is 0. The van der Waals surface area contributed by atoms with Crippen molar-refractivity contribution in [3.63, 3.8) is 0 Å². The molecule has 0 aliphatic heterocycles. The van der Waals surface area contributed by atoms with E-state index in [9.17, 15) is 0 Å². The van der Waals surface area contributed by atoms with Gasteiger partial charge in [0.05, 0.1) is 11.8 Å². The van der Waals surface area contributed by atoms with E-state index in [-0.39, 0.29) is 20.1 Å². The first kappa shape index (κ1) is 10.4. The third-order valence-electron chi connectivity index (χ3n) is 2.80. The van der Waals surface area contributed by atoms with Crippen LogP contribution >= 0.6 is 0 Å². The van der Waals surface area contributed by atoms with Crippen LogP contribution in [0.1, 0.15) is 0 Å². The van der Waals surface area contributed by atoms with Gasteiger partial charge in [-0.05, 0) is 11.6 Å². The van der Waals surface area contributed by atoms with Crippen molar-refractivity contribution in [2.45, 2.75) is 0 Å². The van der Waals surface area contributed by atoms with E-state index in [2.05, 4.69) is 16.1 Å². The molecule has 0 saturated heterocycles. The van der Waals surface area contributed by atoms with Crippen molar-refractivity contribution in [1.82, 2.24) is 19.0 Å². The fourth-order valence-corrected chi connectivity index (χ4v) is 2.12. The van der Waals surface area contributed by atoms with E-state index in [1.807, 2.05) is 39.4 Å². The first-order valence-electron chi connectivity index (χ1n) is 5.04. The number of aromatic nitrogens is 4. The van der Waals surface area contributed by atoms with Gasteiger partial charge >= 0.3 is 0 Å². The van der Waals surface area contributed by atoms with Crippen molar-refractivity contribution in [2.75, 3.05) is 0 Å². The molecular weight excluding hydrogens is 392 g/mol. The zero-order valence-corrected chi connectivity index (χ0v) is 11.1. The molecule has 1 aromatic carbocycles. The minimum absolute atomic E-state index is 0. The minimum Gasteiger partial charge on any atom is -0.325 e. The summed E-state index contributed by atoms with van der Waals surface area (Å²) in [6.07, 6.45) is 5.52. The maximum atomic E-state index is 4.37. The van der Waals surface area contributed by atoms with Crippen molar-refractivity contribution in [3.8, 4) is 0 Å². The van der Waals surface area contributed by atoms with Crippen LogP contribution in [0.4, 0.5) is 0 Å². The largest absolute Gasteiger partial charge is 0.325 e. The van der Waals surface area contributed by atoms with Gasteiger partial charge in [0, 0.05) is 32.5 Å². The van der Waals surface area contributed by atoms with Gasteiger partial charge in [-0.3, -0.25) is 9.50 Å². The zero-order chi connectivity index (χ0) is 10.5. The van der Waals surface area contributed by atoms with Crippen LogP contribution in [0, 0.1) is 6.07 Å². The first-order chi connectivity index (χ1) is 7.95. The van der Waals surface area contributed by atoms with Crippen molar-refractivity contribution >= 4 is 22.2 Å². The summed E-state index contributed by atoms with van der Waals surface area (Å²) in [5.74, 6) is 0. The number of fused-ring (bicyclic) bond motifs is 6. The number of benzene rings is 1. The Bertz CT molecular complexity index is 746. The van der Waals surface area contributed by atoms with Crippen molar-refractivity contribution in [3.05, 3.63) is 48.9 Å². The SMILES string of the molecule is [Ir].[c-]1cccc2c1c1nccn1c1ccnn21. The van der Waals surface area contributed by atoms with Crippen LogP contribution in [0.25, 0.3) is 22.2 Å². The third-order valence-corrected chi connectivity index (χ3v) is 2.80. The molecule has 0 spiro atoms. The summed E-state index contributed by atoms with van der Waals surface area (Å²) >= 11 is 0. The van der Waals surface area contributed by atoms with Gasteiger partial charge in [-0.1, -0.05) is 5.39 Å². The summed E-state index contributed by atoms with van der Waals surface area (Å²) in [5, 5.41) is 5.31. The molecule has 4 nitrogen and oxygen atoms in total. The number of nitrogens with zero attached hydrogens (tertiary/aromatic N) is 4. The van der Waals surface area contributed by atoms with Crippen LogP contribution in [0.5, 0.6) is 0 Å².